The molecule has 6 nitrogen and oxygen atoms in total. The first-order valence-electron chi connectivity index (χ1n) is 8.99. The van der Waals surface area contributed by atoms with Crippen LogP contribution in [-0.4, -0.2) is 18.4 Å². The molecule has 1 heterocycles. The van der Waals surface area contributed by atoms with E-state index in [-0.39, 0.29) is 18.3 Å². The van der Waals surface area contributed by atoms with E-state index in [1.54, 1.807) is 53.4 Å². The van der Waals surface area contributed by atoms with Gasteiger partial charge >= 0.3 is 0 Å². The highest BCUT2D eigenvalue weighted by atomic mass is 19.1. The monoisotopic (exact) mass is 391 g/mol. The zero-order chi connectivity index (χ0) is 20.4. The van der Waals surface area contributed by atoms with Gasteiger partial charge in [-0.15, -0.1) is 0 Å². The Kier molecular flexibility index (Phi) is 4.87. The second-order valence-electron chi connectivity index (χ2n) is 6.57. The van der Waals surface area contributed by atoms with E-state index in [2.05, 4.69) is 5.32 Å². The molecule has 0 fully saturated rings. The molecule has 3 N–H and O–H groups in total. The number of nitrogens with one attached hydrogen (secondary N) is 1. The molecule has 146 valence electrons. The number of ether oxygens (including phenoxy) is 1. The predicted molar refractivity (Wildman–Crippen MR) is 107 cm³/mol. The fourth-order valence-corrected chi connectivity index (χ4v) is 3.26. The van der Waals surface area contributed by atoms with E-state index in [1.165, 1.54) is 12.1 Å². The van der Waals surface area contributed by atoms with Crippen LogP contribution in [0.25, 0.3) is 0 Å². The van der Waals surface area contributed by atoms with Crippen molar-refractivity contribution in [1.82, 2.24) is 0 Å². The minimum Gasteiger partial charge on any atom is -0.484 e. The second kappa shape index (κ2) is 7.63. The van der Waals surface area contributed by atoms with Crippen LogP contribution in [0, 0.1) is 5.82 Å². The van der Waals surface area contributed by atoms with E-state index in [1.807, 2.05) is 12.1 Å². The van der Waals surface area contributed by atoms with E-state index in [0.717, 1.165) is 11.3 Å². The summed E-state index contributed by atoms with van der Waals surface area (Å²) >= 11 is 0. The van der Waals surface area contributed by atoms with E-state index in [4.69, 9.17) is 10.5 Å². The molecule has 1 aliphatic heterocycles. The molecular formula is C22H18FN3O3. The fraction of sp³-hybridized carbons (Fsp3) is 0.0909. The number of rotatable bonds is 5. The van der Waals surface area contributed by atoms with Gasteiger partial charge in [0.05, 0.1) is 5.56 Å². The van der Waals surface area contributed by atoms with Crippen LogP contribution in [0.3, 0.4) is 0 Å². The quantitative estimate of drug-likeness (QED) is 0.698. The molecule has 29 heavy (non-hydrogen) atoms. The van der Waals surface area contributed by atoms with Gasteiger partial charge in [-0.3, -0.25) is 14.5 Å². The summed E-state index contributed by atoms with van der Waals surface area (Å²) in [7, 11) is 0. The maximum atomic E-state index is 13.4. The van der Waals surface area contributed by atoms with Gasteiger partial charge in [0.25, 0.3) is 11.8 Å². The van der Waals surface area contributed by atoms with Gasteiger partial charge in [0.1, 0.15) is 17.7 Å². The van der Waals surface area contributed by atoms with Gasteiger partial charge in [-0.25, -0.2) is 4.39 Å². The molecule has 3 aromatic rings. The van der Waals surface area contributed by atoms with Gasteiger partial charge in [0, 0.05) is 11.4 Å². The van der Waals surface area contributed by atoms with Gasteiger partial charge in [-0.1, -0.05) is 24.3 Å². The van der Waals surface area contributed by atoms with Gasteiger partial charge in [0.2, 0.25) is 0 Å². The third-order valence-electron chi connectivity index (χ3n) is 4.61. The van der Waals surface area contributed by atoms with Crippen molar-refractivity contribution in [2.75, 3.05) is 16.8 Å². The second-order valence-corrected chi connectivity index (χ2v) is 6.57. The highest BCUT2D eigenvalue weighted by Crippen LogP contribution is 2.37. The standard InChI is InChI=1S/C22H18FN3O3/c23-15-7-9-16(10-8-15)26-21(25-19-4-2-1-3-18(19)22(26)28)14-5-11-17(12-6-14)29-13-20(24)27/h1-12,21,25H,13H2,(H2,24,27). The lowest BCUT2D eigenvalue weighted by molar-refractivity contribution is -0.119. The Balaban J connectivity index is 1.71. The SMILES string of the molecule is NC(=O)COc1ccc(C2Nc3ccccc3C(=O)N2c2ccc(F)cc2)cc1. The molecule has 7 heteroatoms. The Morgan fingerprint density at radius 2 is 1.72 bits per heavy atom. The van der Waals surface area contributed by atoms with Crippen LogP contribution >= 0.6 is 0 Å². The molecule has 0 radical (unpaired) electrons. The number of nitrogens with two attached hydrogens (primary N) is 1. The van der Waals surface area contributed by atoms with Crippen LogP contribution in [0.5, 0.6) is 5.75 Å². The molecule has 0 bridgehead atoms. The normalized spacial score (nSPS) is 15.4. The number of hydrogen-bond donors (Lipinski definition) is 2. The van der Waals surface area contributed by atoms with Crippen LogP contribution in [0.15, 0.2) is 72.8 Å². The van der Waals surface area contributed by atoms with Gasteiger partial charge < -0.3 is 15.8 Å². The Hall–Kier alpha value is -3.87. The topological polar surface area (TPSA) is 84.7 Å². The summed E-state index contributed by atoms with van der Waals surface area (Å²) in [6.45, 7) is -0.214. The first kappa shape index (κ1) is 18.5. The van der Waals surface area contributed by atoms with E-state index < -0.39 is 12.1 Å². The van der Waals surface area contributed by atoms with Crippen LogP contribution < -0.4 is 20.7 Å². The third kappa shape index (κ3) is 3.75. The molecule has 0 aromatic heterocycles. The summed E-state index contributed by atoms with van der Waals surface area (Å²) < 4.78 is 18.7. The van der Waals surface area contributed by atoms with Crippen molar-refractivity contribution in [3.63, 3.8) is 0 Å². The summed E-state index contributed by atoms with van der Waals surface area (Å²) in [6, 6.07) is 20.0. The summed E-state index contributed by atoms with van der Waals surface area (Å²) in [6.07, 6.45) is -0.506. The van der Waals surface area contributed by atoms with Crippen molar-refractivity contribution >= 4 is 23.2 Å². The zero-order valence-electron chi connectivity index (χ0n) is 15.3. The van der Waals surface area contributed by atoms with Crippen molar-refractivity contribution in [3.8, 4) is 5.75 Å². The molecule has 1 unspecified atom stereocenters. The van der Waals surface area contributed by atoms with Gasteiger partial charge in [-0.05, 0) is 54.1 Å². The number of primary amides is 1. The Labute approximate surface area is 166 Å². The van der Waals surface area contributed by atoms with E-state index in [9.17, 15) is 14.0 Å². The zero-order valence-corrected chi connectivity index (χ0v) is 15.3. The molecule has 4 rings (SSSR count). The molecule has 0 spiro atoms. The maximum absolute atomic E-state index is 13.4. The van der Waals surface area contributed by atoms with E-state index in [0.29, 0.717) is 17.0 Å². The summed E-state index contributed by atoms with van der Waals surface area (Å²) in [5.41, 5.74) is 7.71. The van der Waals surface area contributed by atoms with Crippen molar-refractivity contribution in [2.45, 2.75) is 6.17 Å². The number of carbonyl (C=O) groups is 2. The van der Waals surface area contributed by atoms with Crippen LogP contribution in [0.1, 0.15) is 22.1 Å². The summed E-state index contributed by atoms with van der Waals surface area (Å²) in [5, 5.41) is 3.37. The minimum atomic E-state index is -0.562. The van der Waals surface area contributed by atoms with Crippen molar-refractivity contribution in [3.05, 3.63) is 89.7 Å². The number of fused-ring (bicyclic) bond motifs is 1. The number of amides is 2. The molecule has 0 saturated heterocycles. The average Bonchev–Trinajstić information content (AvgIpc) is 2.73. The molecular weight excluding hydrogens is 373 g/mol. The molecule has 0 saturated carbocycles. The number of anilines is 2. The lowest BCUT2D eigenvalue weighted by Gasteiger charge is -2.38. The number of halogens is 1. The lowest BCUT2D eigenvalue weighted by Crippen LogP contribution is -2.43. The average molecular weight is 391 g/mol. The smallest absolute Gasteiger partial charge is 0.262 e. The van der Waals surface area contributed by atoms with Crippen molar-refractivity contribution < 1.29 is 18.7 Å². The van der Waals surface area contributed by atoms with E-state index >= 15 is 0 Å². The molecule has 1 aliphatic rings. The van der Waals surface area contributed by atoms with Crippen molar-refractivity contribution in [2.24, 2.45) is 5.73 Å². The molecule has 1 atom stereocenters. The fourth-order valence-electron chi connectivity index (χ4n) is 3.26. The largest absolute Gasteiger partial charge is 0.484 e. The number of benzene rings is 3. The highest BCUT2D eigenvalue weighted by Gasteiger charge is 2.33. The maximum Gasteiger partial charge on any atom is 0.262 e. The first-order valence-corrected chi connectivity index (χ1v) is 8.99. The summed E-state index contributed by atoms with van der Waals surface area (Å²) in [5.74, 6) is -0.639. The molecule has 0 aliphatic carbocycles. The minimum absolute atomic E-state index is 0.190. The predicted octanol–water partition coefficient (Wildman–Crippen LogP) is 3.46. The summed E-state index contributed by atoms with van der Waals surface area (Å²) in [4.78, 5) is 25.7. The molecule has 2 amide bonds. The third-order valence-corrected chi connectivity index (χ3v) is 4.61. The first-order chi connectivity index (χ1) is 14.0. The van der Waals surface area contributed by atoms with Crippen LogP contribution in [0.2, 0.25) is 0 Å². The Bertz CT molecular complexity index is 1050. The Morgan fingerprint density at radius 1 is 1.03 bits per heavy atom. The van der Waals surface area contributed by atoms with Crippen LogP contribution in [0.4, 0.5) is 15.8 Å². The number of para-hydroxylation sites is 1. The lowest BCUT2D eigenvalue weighted by atomic mass is 10.0. The number of nitrogens with zero attached hydrogens (tertiary/aromatic N) is 1. The highest BCUT2D eigenvalue weighted by molar-refractivity contribution is 6.12. The van der Waals surface area contributed by atoms with Crippen molar-refractivity contribution in [1.29, 1.82) is 0 Å². The number of hydrogen-bond acceptors (Lipinski definition) is 4. The number of carbonyl (C=O) groups excluding carboxylic acids is 2. The Morgan fingerprint density at radius 3 is 2.41 bits per heavy atom. The van der Waals surface area contributed by atoms with Gasteiger partial charge in [-0.2, -0.15) is 0 Å². The molecule has 3 aromatic carbocycles. The van der Waals surface area contributed by atoms with Gasteiger partial charge in [0.15, 0.2) is 6.61 Å². The van der Waals surface area contributed by atoms with Crippen LogP contribution in [-0.2, 0) is 4.79 Å².